The summed E-state index contributed by atoms with van der Waals surface area (Å²) >= 11 is 0. The molecule has 0 radical (unpaired) electrons. The maximum atomic E-state index is 12.7. The molecule has 1 aromatic carbocycles. The number of carbonyl (C=O) groups is 2. The summed E-state index contributed by atoms with van der Waals surface area (Å²) in [5.74, 6) is 0.427. The van der Waals surface area contributed by atoms with Gasteiger partial charge < -0.3 is 10.1 Å². The summed E-state index contributed by atoms with van der Waals surface area (Å²) in [7, 11) is 0. The largest absolute Gasteiger partial charge is 0.494 e. The van der Waals surface area contributed by atoms with E-state index in [1.165, 1.54) is 4.90 Å². The molecule has 1 saturated heterocycles. The van der Waals surface area contributed by atoms with Gasteiger partial charge in [0, 0.05) is 18.0 Å². The molecule has 2 N–H and O–H groups in total. The van der Waals surface area contributed by atoms with Crippen molar-refractivity contribution in [1.82, 2.24) is 4.98 Å². The average molecular weight is 354 g/mol. The van der Waals surface area contributed by atoms with Crippen LogP contribution < -0.4 is 15.0 Å². The van der Waals surface area contributed by atoms with Crippen LogP contribution >= 0.6 is 0 Å². The van der Waals surface area contributed by atoms with E-state index in [1.54, 1.807) is 36.7 Å². The van der Waals surface area contributed by atoms with Gasteiger partial charge in [0.1, 0.15) is 12.3 Å². The molecule has 0 aliphatic carbocycles. The monoisotopic (exact) mass is 354 g/mol. The number of aromatic nitrogens is 1. The number of carbonyl (C=O) groups excluding carboxylic acids is 2. The zero-order valence-corrected chi connectivity index (χ0v) is 14.9. The number of pyridine rings is 1. The van der Waals surface area contributed by atoms with E-state index in [2.05, 4.69) is 11.9 Å². The van der Waals surface area contributed by atoms with Gasteiger partial charge in [0.25, 0.3) is 5.91 Å². The fourth-order valence-electron chi connectivity index (χ4n) is 2.93. The average Bonchev–Trinajstić information content (AvgIpc) is 2.95. The van der Waals surface area contributed by atoms with Crippen LogP contribution in [0.15, 0.2) is 48.8 Å². The van der Waals surface area contributed by atoms with Gasteiger partial charge in [-0.05, 0) is 42.8 Å². The third-order valence-electron chi connectivity index (χ3n) is 4.43. The van der Waals surface area contributed by atoms with Crippen molar-refractivity contribution in [2.75, 3.05) is 11.5 Å². The minimum Gasteiger partial charge on any atom is -0.494 e. The SMILES string of the molecule is CCCCOc1ccc(N2C(=O)C[C@@H]([NH2+]Cc3ccncc3)C2=O)cc1. The van der Waals surface area contributed by atoms with E-state index in [0.717, 1.165) is 24.2 Å². The first-order valence-corrected chi connectivity index (χ1v) is 9.01. The van der Waals surface area contributed by atoms with Crippen LogP contribution in [0.1, 0.15) is 31.7 Å². The molecule has 136 valence electrons. The lowest BCUT2D eigenvalue weighted by Gasteiger charge is -2.15. The van der Waals surface area contributed by atoms with E-state index in [4.69, 9.17) is 4.74 Å². The van der Waals surface area contributed by atoms with Crippen LogP contribution in [-0.4, -0.2) is 29.4 Å². The molecule has 1 aliphatic rings. The molecule has 0 spiro atoms. The van der Waals surface area contributed by atoms with Crippen molar-refractivity contribution in [2.45, 2.75) is 38.8 Å². The Bertz CT molecular complexity index is 747. The van der Waals surface area contributed by atoms with Gasteiger partial charge in [0.05, 0.1) is 18.7 Å². The van der Waals surface area contributed by atoms with Gasteiger partial charge in [-0.15, -0.1) is 0 Å². The summed E-state index contributed by atoms with van der Waals surface area (Å²) < 4.78 is 5.63. The van der Waals surface area contributed by atoms with E-state index in [1.807, 2.05) is 17.4 Å². The first kappa shape index (κ1) is 18.1. The molecule has 0 saturated carbocycles. The van der Waals surface area contributed by atoms with E-state index < -0.39 is 0 Å². The number of anilines is 1. The Labute approximate surface area is 153 Å². The second-order valence-electron chi connectivity index (χ2n) is 6.37. The third kappa shape index (κ3) is 4.26. The number of benzene rings is 1. The van der Waals surface area contributed by atoms with Gasteiger partial charge in [-0.2, -0.15) is 0 Å². The number of nitrogens with zero attached hydrogens (tertiary/aromatic N) is 2. The molecule has 3 rings (SSSR count). The van der Waals surface area contributed by atoms with Crippen LogP contribution in [0.5, 0.6) is 5.75 Å². The first-order valence-electron chi connectivity index (χ1n) is 9.01. The lowest BCUT2D eigenvalue weighted by molar-refractivity contribution is -0.690. The van der Waals surface area contributed by atoms with Crippen LogP contribution in [0, 0.1) is 0 Å². The Hall–Kier alpha value is -2.73. The first-order chi connectivity index (χ1) is 12.7. The highest BCUT2D eigenvalue weighted by Crippen LogP contribution is 2.24. The minimum absolute atomic E-state index is 0.161. The number of unbranched alkanes of at least 4 members (excludes halogenated alkanes) is 1. The van der Waals surface area contributed by atoms with Crippen LogP contribution in [0.25, 0.3) is 0 Å². The lowest BCUT2D eigenvalue weighted by Crippen LogP contribution is -2.90. The number of nitrogens with two attached hydrogens (primary N) is 1. The molecule has 1 fully saturated rings. The smallest absolute Gasteiger partial charge is 0.292 e. The number of quaternary nitrogens is 1. The topological polar surface area (TPSA) is 76.1 Å². The molecule has 1 aliphatic heterocycles. The Morgan fingerprint density at radius 1 is 1.15 bits per heavy atom. The van der Waals surface area contributed by atoms with Crippen LogP contribution in [0.2, 0.25) is 0 Å². The highest BCUT2D eigenvalue weighted by atomic mass is 16.5. The second-order valence-corrected chi connectivity index (χ2v) is 6.37. The summed E-state index contributed by atoms with van der Waals surface area (Å²) in [6.07, 6.45) is 5.74. The number of amides is 2. The molecule has 0 unspecified atom stereocenters. The number of hydrogen-bond acceptors (Lipinski definition) is 4. The molecule has 6 nitrogen and oxygen atoms in total. The summed E-state index contributed by atoms with van der Waals surface area (Å²) in [5.41, 5.74) is 1.68. The van der Waals surface area contributed by atoms with Gasteiger partial charge in [-0.1, -0.05) is 13.3 Å². The third-order valence-corrected chi connectivity index (χ3v) is 4.43. The van der Waals surface area contributed by atoms with E-state index >= 15 is 0 Å². The number of imide groups is 1. The molecular formula is C20H24N3O3+. The van der Waals surface area contributed by atoms with Crippen molar-refractivity contribution in [2.24, 2.45) is 0 Å². The van der Waals surface area contributed by atoms with Crippen molar-refractivity contribution >= 4 is 17.5 Å². The Morgan fingerprint density at radius 2 is 1.88 bits per heavy atom. The Morgan fingerprint density at radius 3 is 2.58 bits per heavy atom. The zero-order valence-electron chi connectivity index (χ0n) is 14.9. The molecule has 2 aromatic rings. The quantitative estimate of drug-likeness (QED) is 0.578. The fraction of sp³-hybridized carbons (Fsp3) is 0.350. The van der Waals surface area contributed by atoms with Gasteiger partial charge >= 0.3 is 0 Å². The standard InChI is InChI=1S/C20H23N3O3/c1-2-3-12-26-17-6-4-16(5-7-17)23-19(24)13-18(20(23)25)22-14-15-8-10-21-11-9-15/h4-11,18,22H,2-3,12-14H2,1H3/p+1/t18-/m1/s1. The summed E-state index contributed by atoms with van der Waals surface area (Å²) in [6.45, 7) is 3.42. The maximum absolute atomic E-state index is 12.7. The Balaban J connectivity index is 1.61. The molecule has 2 heterocycles. The number of rotatable bonds is 8. The molecule has 6 heteroatoms. The predicted octanol–water partition coefficient (Wildman–Crippen LogP) is 1.66. The van der Waals surface area contributed by atoms with E-state index in [-0.39, 0.29) is 24.3 Å². The van der Waals surface area contributed by atoms with Crippen LogP contribution in [0.3, 0.4) is 0 Å². The van der Waals surface area contributed by atoms with Gasteiger partial charge in [-0.25, -0.2) is 4.90 Å². The van der Waals surface area contributed by atoms with Crippen LogP contribution in [0.4, 0.5) is 5.69 Å². The molecule has 26 heavy (non-hydrogen) atoms. The summed E-state index contributed by atoms with van der Waals surface area (Å²) in [6, 6.07) is 10.6. The van der Waals surface area contributed by atoms with Crippen molar-refractivity contribution < 1.29 is 19.6 Å². The summed E-state index contributed by atoms with van der Waals surface area (Å²) in [5, 5.41) is 1.91. The Kier molecular flexibility index (Phi) is 5.96. The van der Waals surface area contributed by atoms with Gasteiger partial charge in [-0.3, -0.25) is 14.6 Å². The van der Waals surface area contributed by atoms with Crippen molar-refractivity contribution in [3.8, 4) is 5.75 Å². The molecule has 1 aromatic heterocycles. The highest BCUT2D eigenvalue weighted by Gasteiger charge is 2.42. The van der Waals surface area contributed by atoms with Crippen LogP contribution in [-0.2, 0) is 16.1 Å². The number of ether oxygens (including phenoxy) is 1. The zero-order chi connectivity index (χ0) is 18.4. The van der Waals surface area contributed by atoms with Gasteiger partial charge in [0.15, 0.2) is 6.04 Å². The summed E-state index contributed by atoms with van der Waals surface area (Å²) in [4.78, 5) is 30.3. The van der Waals surface area contributed by atoms with E-state index in [0.29, 0.717) is 18.8 Å². The fourth-order valence-corrected chi connectivity index (χ4v) is 2.93. The lowest BCUT2D eigenvalue weighted by atomic mass is 10.2. The second kappa shape index (κ2) is 8.58. The minimum atomic E-state index is -0.379. The molecule has 2 amide bonds. The van der Waals surface area contributed by atoms with E-state index in [9.17, 15) is 9.59 Å². The van der Waals surface area contributed by atoms with Crippen molar-refractivity contribution in [3.05, 3.63) is 54.4 Å². The van der Waals surface area contributed by atoms with Crippen molar-refractivity contribution in [3.63, 3.8) is 0 Å². The number of hydrogen-bond donors (Lipinski definition) is 1. The molecule has 1 atom stereocenters. The normalized spacial score (nSPS) is 17.0. The maximum Gasteiger partial charge on any atom is 0.292 e. The molecular weight excluding hydrogens is 330 g/mol. The van der Waals surface area contributed by atoms with Crippen molar-refractivity contribution in [1.29, 1.82) is 0 Å². The highest BCUT2D eigenvalue weighted by molar-refractivity contribution is 6.21. The predicted molar refractivity (Wildman–Crippen MR) is 97.6 cm³/mol. The molecule has 0 bridgehead atoms. The van der Waals surface area contributed by atoms with Gasteiger partial charge in [0.2, 0.25) is 5.91 Å².